The zero-order valence-electron chi connectivity index (χ0n) is 16.9. The molecule has 0 aliphatic rings. The van der Waals surface area contributed by atoms with Gasteiger partial charge in [0.2, 0.25) is 5.91 Å². The molecule has 2 N–H and O–H groups in total. The van der Waals surface area contributed by atoms with Gasteiger partial charge in [0.05, 0.1) is 19.6 Å². The Morgan fingerprint density at radius 3 is 2.38 bits per heavy atom. The zero-order chi connectivity index (χ0) is 21.6. The third-order valence-electron chi connectivity index (χ3n) is 4.25. The number of esters is 1. The fraction of sp³-hybridized carbons (Fsp3) is 0.318. The lowest BCUT2D eigenvalue weighted by molar-refractivity contribution is -0.141. The molecule has 0 aliphatic heterocycles. The van der Waals surface area contributed by atoms with Crippen molar-refractivity contribution in [2.24, 2.45) is 5.41 Å². The second kappa shape index (κ2) is 9.56. The number of methoxy groups -OCH3 is 1. The van der Waals surface area contributed by atoms with Gasteiger partial charge in [0.1, 0.15) is 0 Å². The Hall–Kier alpha value is -2.86. The van der Waals surface area contributed by atoms with E-state index in [9.17, 15) is 14.4 Å². The molecule has 0 fully saturated rings. The molecule has 0 aliphatic carbocycles. The summed E-state index contributed by atoms with van der Waals surface area (Å²) in [7, 11) is 1.29. The minimum absolute atomic E-state index is 0.0631. The third kappa shape index (κ3) is 6.32. The molecule has 2 rings (SSSR count). The van der Waals surface area contributed by atoms with E-state index in [1.54, 1.807) is 69.3 Å². The first-order valence-corrected chi connectivity index (χ1v) is 9.53. The van der Waals surface area contributed by atoms with Crippen LogP contribution >= 0.6 is 11.6 Å². The molecule has 0 bridgehead atoms. The lowest BCUT2D eigenvalue weighted by Crippen LogP contribution is -2.31. The van der Waals surface area contributed by atoms with Crippen LogP contribution in [0.1, 0.15) is 49.2 Å². The van der Waals surface area contributed by atoms with Crippen LogP contribution < -0.4 is 10.6 Å². The number of ether oxygens (including phenoxy) is 1. The molecule has 7 heteroatoms. The van der Waals surface area contributed by atoms with Crippen molar-refractivity contribution in [2.45, 2.75) is 33.2 Å². The van der Waals surface area contributed by atoms with Crippen molar-refractivity contribution in [3.8, 4) is 0 Å². The van der Waals surface area contributed by atoms with Crippen LogP contribution in [0.2, 0.25) is 5.02 Å². The summed E-state index contributed by atoms with van der Waals surface area (Å²) in [5, 5.41) is 6.07. The highest BCUT2D eigenvalue weighted by Gasteiger charge is 2.23. The van der Waals surface area contributed by atoms with E-state index < -0.39 is 23.3 Å². The van der Waals surface area contributed by atoms with Crippen molar-refractivity contribution in [1.82, 2.24) is 5.32 Å². The summed E-state index contributed by atoms with van der Waals surface area (Å²) in [6.45, 7) is 5.42. The maximum Gasteiger partial charge on any atom is 0.307 e. The highest BCUT2D eigenvalue weighted by atomic mass is 35.5. The third-order valence-corrected chi connectivity index (χ3v) is 4.59. The Morgan fingerprint density at radius 2 is 1.76 bits per heavy atom. The highest BCUT2D eigenvalue weighted by molar-refractivity contribution is 6.31. The standard InChI is InChI=1S/C22H25ClN2O4/c1-22(2,3)21(28)24-15-9-7-8-14(12-15)20(27)25-18(13-19(26)29-4)16-10-5-6-11-17(16)23/h5-12,18H,13H2,1-4H3,(H,24,28)(H,25,27). The van der Waals surface area contributed by atoms with E-state index in [1.165, 1.54) is 7.11 Å². The van der Waals surface area contributed by atoms with E-state index >= 15 is 0 Å². The highest BCUT2D eigenvalue weighted by Crippen LogP contribution is 2.26. The summed E-state index contributed by atoms with van der Waals surface area (Å²) in [4.78, 5) is 36.8. The Labute approximate surface area is 175 Å². The van der Waals surface area contributed by atoms with E-state index in [-0.39, 0.29) is 12.3 Å². The van der Waals surface area contributed by atoms with E-state index in [1.807, 2.05) is 0 Å². The van der Waals surface area contributed by atoms with Crippen LogP contribution in [0.4, 0.5) is 5.69 Å². The second-order valence-corrected chi connectivity index (χ2v) is 8.02. The van der Waals surface area contributed by atoms with Crippen molar-refractivity contribution in [3.63, 3.8) is 0 Å². The molecule has 29 heavy (non-hydrogen) atoms. The van der Waals surface area contributed by atoms with Crippen LogP contribution in [0.5, 0.6) is 0 Å². The Kier molecular flexibility index (Phi) is 7.40. The first-order chi connectivity index (χ1) is 13.6. The summed E-state index contributed by atoms with van der Waals surface area (Å²) in [5.41, 5.74) is 0.914. The van der Waals surface area contributed by atoms with Crippen LogP contribution in [-0.2, 0) is 14.3 Å². The quantitative estimate of drug-likeness (QED) is 0.685. The fourth-order valence-corrected chi connectivity index (χ4v) is 2.81. The van der Waals surface area contributed by atoms with Crippen molar-refractivity contribution in [3.05, 3.63) is 64.7 Å². The SMILES string of the molecule is COC(=O)CC(NC(=O)c1cccc(NC(=O)C(C)(C)C)c1)c1ccccc1Cl. The number of carbonyl (C=O) groups is 3. The van der Waals surface area contributed by atoms with Crippen molar-refractivity contribution in [1.29, 1.82) is 0 Å². The van der Waals surface area contributed by atoms with Gasteiger partial charge in [-0.1, -0.05) is 56.6 Å². The van der Waals surface area contributed by atoms with Crippen LogP contribution in [-0.4, -0.2) is 24.9 Å². The van der Waals surface area contributed by atoms with Crippen LogP contribution in [0.25, 0.3) is 0 Å². The monoisotopic (exact) mass is 416 g/mol. The van der Waals surface area contributed by atoms with Gasteiger partial charge in [-0.3, -0.25) is 14.4 Å². The molecule has 1 atom stereocenters. The van der Waals surface area contributed by atoms with Crippen LogP contribution in [0.3, 0.4) is 0 Å². The number of hydrogen-bond acceptors (Lipinski definition) is 4. The molecular formula is C22H25ClN2O4. The van der Waals surface area contributed by atoms with E-state index in [2.05, 4.69) is 10.6 Å². The molecule has 2 aromatic rings. The number of benzene rings is 2. The normalized spacial score (nSPS) is 12.0. The Balaban J connectivity index is 2.23. The predicted molar refractivity (Wildman–Crippen MR) is 113 cm³/mol. The van der Waals surface area contributed by atoms with Gasteiger partial charge in [-0.15, -0.1) is 0 Å². The smallest absolute Gasteiger partial charge is 0.307 e. The topological polar surface area (TPSA) is 84.5 Å². The molecule has 2 amide bonds. The average Bonchev–Trinajstić information content (AvgIpc) is 2.67. The number of carbonyl (C=O) groups excluding carboxylic acids is 3. The maximum absolute atomic E-state index is 12.8. The van der Waals surface area contributed by atoms with Gasteiger partial charge in [0, 0.05) is 21.7 Å². The number of anilines is 1. The second-order valence-electron chi connectivity index (χ2n) is 7.61. The zero-order valence-corrected chi connectivity index (χ0v) is 17.7. The molecule has 0 saturated heterocycles. The van der Waals surface area contributed by atoms with Gasteiger partial charge in [-0.2, -0.15) is 0 Å². The molecule has 0 aromatic heterocycles. The molecule has 2 aromatic carbocycles. The molecule has 1 unspecified atom stereocenters. The number of rotatable bonds is 6. The van der Waals surface area contributed by atoms with Crippen molar-refractivity contribution in [2.75, 3.05) is 12.4 Å². The van der Waals surface area contributed by atoms with Crippen LogP contribution in [0.15, 0.2) is 48.5 Å². The maximum atomic E-state index is 12.8. The Bertz CT molecular complexity index is 906. The Morgan fingerprint density at radius 1 is 1.07 bits per heavy atom. The number of amides is 2. The summed E-state index contributed by atoms with van der Waals surface area (Å²) in [5.74, 6) is -1.03. The number of halogens is 1. The largest absolute Gasteiger partial charge is 0.469 e. The molecule has 0 radical (unpaired) electrons. The molecule has 0 spiro atoms. The molecule has 0 heterocycles. The van der Waals surface area contributed by atoms with Gasteiger partial charge in [0.25, 0.3) is 5.91 Å². The predicted octanol–water partition coefficient (Wildman–Crippen LogP) is 4.36. The lowest BCUT2D eigenvalue weighted by Gasteiger charge is -2.20. The molecular weight excluding hydrogens is 392 g/mol. The summed E-state index contributed by atoms with van der Waals surface area (Å²) >= 11 is 6.25. The molecule has 154 valence electrons. The van der Waals surface area contributed by atoms with Crippen molar-refractivity contribution >= 4 is 35.1 Å². The van der Waals surface area contributed by atoms with E-state index in [4.69, 9.17) is 16.3 Å². The van der Waals surface area contributed by atoms with Gasteiger partial charge in [-0.05, 0) is 29.8 Å². The van der Waals surface area contributed by atoms with E-state index in [0.29, 0.717) is 21.8 Å². The lowest BCUT2D eigenvalue weighted by atomic mass is 9.95. The number of nitrogens with one attached hydrogen (secondary N) is 2. The summed E-state index contributed by atoms with van der Waals surface area (Å²) in [6, 6.07) is 12.9. The van der Waals surface area contributed by atoms with Crippen LogP contribution in [0, 0.1) is 5.41 Å². The minimum atomic E-state index is -0.656. The van der Waals surface area contributed by atoms with Gasteiger partial charge in [0.15, 0.2) is 0 Å². The van der Waals surface area contributed by atoms with Gasteiger partial charge < -0.3 is 15.4 Å². The van der Waals surface area contributed by atoms with E-state index in [0.717, 1.165) is 0 Å². The minimum Gasteiger partial charge on any atom is -0.469 e. The summed E-state index contributed by atoms with van der Waals surface area (Å²) in [6.07, 6.45) is -0.0631. The van der Waals surface area contributed by atoms with Gasteiger partial charge >= 0.3 is 5.97 Å². The molecule has 0 saturated carbocycles. The fourth-order valence-electron chi connectivity index (χ4n) is 2.54. The first kappa shape index (κ1) is 22.4. The molecule has 6 nitrogen and oxygen atoms in total. The number of hydrogen-bond donors (Lipinski definition) is 2. The summed E-state index contributed by atoms with van der Waals surface area (Å²) < 4.78 is 4.74. The average molecular weight is 417 g/mol. The van der Waals surface area contributed by atoms with Gasteiger partial charge in [-0.25, -0.2) is 0 Å². The first-order valence-electron chi connectivity index (χ1n) is 9.15. The van der Waals surface area contributed by atoms with Crippen molar-refractivity contribution < 1.29 is 19.1 Å².